The van der Waals surface area contributed by atoms with Gasteiger partial charge in [0.05, 0.1) is 13.2 Å². The smallest absolute Gasteiger partial charge is 0.220 e. The first-order valence-electron chi connectivity index (χ1n) is 11.0. The molecule has 2 rings (SSSR count). The summed E-state index contributed by atoms with van der Waals surface area (Å²) in [6.07, 6.45) is 3.71. The number of nitrogens with zero attached hydrogens (tertiary/aromatic N) is 2. The Morgan fingerprint density at radius 3 is 2.66 bits per heavy atom. The third-order valence-corrected chi connectivity index (χ3v) is 5.33. The van der Waals surface area contributed by atoms with Gasteiger partial charge in [-0.3, -0.25) is 4.79 Å². The predicted molar refractivity (Wildman–Crippen MR) is 119 cm³/mol. The standard InChI is InChI=1S/C23H38N4O2/c1-5-25-23(27-13-10-19(11-14-27)16-22(28)24-4)26-17-20-8-6-7-9-21(20)29-15-12-18(2)3/h6-9,18-19H,5,10-17H2,1-4H3,(H,24,28)(H,25,26). The van der Waals surface area contributed by atoms with Crippen LogP contribution in [0.15, 0.2) is 29.3 Å². The van der Waals surface area contributed by atoms with Crippen molar-refractivity contribution in [1.82, 2.24) is 15.5 Å². The molecule has 0 saturated carbocycles. The van der Waals surface area contributed by atoms with Crippen molar-refractivity contribution >= 4 is 11.9 Å². The number of hydrogen-bond acceptors (Lipinski definition) is 3. The van der Waals surface area contributed by atoms with E-state index in [2.05, 4.69) is 42.4 Å². The lowest BCUT2D eigenvalue weighted by Crippen LogP contribution is -2.46. The first-order chi connectivity index (χ1) is 14.0. The molecule has 6 heteroatoms. The average Bonchev–Trinajstić information content (AvgIpc) is 2.72. The van der Waals surface area contributed by atoms with Gasteiger partial charge in [0.2, 0.25) is 5.91 Å². The Labute approximate surface area is 176 Å². The van der Waals surface area contributed by atoms with Gasteiger partial charge in [-0.1, -0.05) is 32.0 Å². The molecule has 1 aromatic rings. The quantitative estimate of drug-likeness (QED) is 0.491. The number of carbonyl (C=O) groups excluding carboxylic acids is 1. The number of aliphatic imine (C=N–C) groups is 1. The highest BCUT2D eigenvalue weighted by Gasteiger charge is 2.23. The van der Waals surface area contributed by atoms with E-state index < -0.39 is 0 Å². The van der Waals surface area contributed by atoms with E-state index >= 15 is 0 Å². The van der Waals surface area contributed by atoms with Gasteiger partial charge in [-0.05, 0) is 44.1 Å². The van der Waals surface area contributed by atoms with E-state index in [1.807, 2.05) is 18.2 Å². The Hall–Kier alpha value is -2.24. The van der Waals surface area contributed by atoms with E-state index in [0.29, 0.717) is 24.8 Å². The summed E-state index contributed by atoms with van der Waals surface area (Å²) in [5.74, 6) is 3.11. The van der Waals surface area contributed by atoms with Crippen molar-refractivity contribution in [2.45, 2.75) is 53.0 Å². The molecule has 0 radical (unpaired) electrons. The molecule has 2 N–H and O–H groups in total. The number of piperidine rings is 1. The third-order valence-electron chi connectivity index (χ3n) is 5.33. The van der Waals surface area contributed by atoms with E-state index in [1.165, 1.54) is 0 Å². The summed E-state index contributed by atoms with van der Waals surface area (Å²) in [7, 11) is 1.71. The van der Waals surface area contributed by atoms with Crippen LogP contribution in [0.25, 0.3) is 0 Å². The van der Waals surface area contributed by atoms with Crippen LogP contribution < -0.4 is 15.4 Å². The normalized spacial score (nSPS) is 15.5. The van der Waals surface area contributed by atoms with Gasteiger partial charge in [0.25, 0.3) is 0 Å². The summed E-state index contributed by atoms with van der Waals surface area (Å²) in [5.41, 5.74) is 1.11. The second-order valence-corrected chi connectivity index (χ2v) is 8.12. The molecule has 0 aliphatic carbocycles. The fraction of sp³-hybridized carbons (Fsp3) is 0.652. The van der Waals surface area contributed by atoms with Gasteiger partial charge in [-0.25, -0.2) is 4.99 Å². The van der Waals surface area contributed by atoms with E-state index in [0.717, 1.165) is 62.8 Å². The van der Waals surface area contributed by atoms with E-state index in [9.17, 15) is 4.79 Å². The summed E-state index contributed by atoms with van der Waals surface area (Å²) in [6, 6.07) is 8.17. The molecule has 0 atom stereocenters. The summed E-state index contributed by atoms with van der Waals surface area (Å²) in [6.45, 7) is 10.5. The second kappa shape index (κ2) is 12.3. The maximum Gasteiger partial charge on any atom is 0.220 e. The maximum atomic E-state index is 11.6. The van der Waals surface area contributed by atoms with Crippen LogP contribution in [0.5, 0.6) is 5.75 Å². The molecule has 1 aromatic carbocycles. The van der Waals surface area contributed by atoms with Gasteiger partial charge in [0.15, 0.2) is 5.96 Å². The molecule has 1 aliphatic rings. The van der Waals surface area contributed by atoms with Crippen molar-refractivity contribution in [3.05, 3.63) is 29.8 Å². The van der Waals surface area contributed by atoms with Crippen molar-refractivity contribution in [2.75, 3.05) is 33.3 Å². The van der Waals surface area contributed by atoms with Gasteiger partial charge in [0, 0.05) is 38.7 Å². The number of carbonyl (C=O) groups is 1. The number of guanidine groups is 1. The Kier molecular flexibility index (Phi) is 9.81. The van der Waals surface area contributed by atoms with Crippen LogP contribution in [-0.2, 0) is 11.3 Å². The minimum absolute atomic E-state index is 0.137. The predicted octanol–water partition coefficient (Wildman–Crippen LogP) is 3.43. The number of amides is 1. The van der Waals surface area contributed by atoms with Crippen molar-refractivity contribution in [3.63, 3.8) is 0 Å². The highest BCUT2D eigenvalue weighted by Crippen LogP contribution is 2.22. The largest absolute Gasteiger partial charge is 0.493 e. The maximum absolute atomic E-state index is 11.6. The molecular weight excluding hydrogens is 364 g/mol. The van der Waals surface area contributed by atoms with E-state index in [-0.39, 0.29) is 5.91 Å². The van der Waals surface area contributed by atoms with Crippen LogP contribution in [0.3, 0.4) is 0 Å². The molecule has 162 valence electrons. The minimum Gasteiger partial charge on any atom is -0.493 e. The number of para-hydroxylation sites is 1. The van der Waals surface area contributed by atoms with Crippen LogP contribution in [0.1, 0.15) is 52.0 Å². The van der Waals surface area contributed by atoms with Crippen LogP contribution in [0.2, 0.25) is 0 Å². The zero-order valence-corrected chi connectivity index (χ0v) is 18.5. The van der Waals surface area contributed by atoms with Crippen LogP contribution >= 0.6 is 0 Å². The Balaban J connectivity index is 1.97. The second-order valence-electron chi connectivity index (χ2n) is 8.12. The molecule has 1 fully saturated rings. The van der Waals surface area contributed by atoms with Crippen LogP contribution in [0.4, 0.5) is 0 Å². The van der Waals surface area contributed by atoms with Gasteiger partial charge in [0.1, 0.15) is 5.75 Å². The van der Waals surface area contributed by atoms with Gasteiger partial charge < -0.3 is 20.3 Å². The molecule has 1 amide bonds. The monoisotopic (exact) mass is 402 g/mol. The molecule has 1 saturated heterocycles. The summed E-state index contributed by atoms with van der Waals surface area (Å²) < 4.78 is 6.01. The van der Waals surface area contributed by atoms with Gasteiger partial charge in [-0.15, -0.1) is 0 Å². The lowest BCUT2D eigenvalue weighted by atomic mass is 9.93. The topological polar surface area (TPSA) is 66.0 Å². The van der Waals surface area contributed by atoms with Crippen molar-refractivity contribution in [3.8, 4) is 5.75 Å². The number of rotatable bonds is 9. The Morgan fingerprint density at radius 2 is 2.00 bits per heavy atom. The number of nitrogens with one attached hydrogen (secondary N) is 2. The van der Waals surface area contributed by atoms with Crippen LogP contribution in [0, 0.1) is 11.8 Å². The first kappa shape index (κ1) is 23.0. The fourth-order valence-electron chi connectivity index (χ4n) is 3.48. The minimum atomic E-state index is 0.137. The van der Waals surface area contributed by atoms with Crippen molar-refractivity contribution < 1.29 is 9.53 Å². The summed E-state index contributed by atoms with van der Waals surface area (Å²) >= 11 is 0. The third kappa shape index (κ3) is 7.95. The van der Waals surface area contributed by atoms with Gasteiger partial charge in [-0.2, -0.15) is 0 Å². The molecule has 1 aliphatic heterocycles. The molecule has 0 bridgehead atoms. The molecular formula is C23H38N4O2. The first-order valence-corrected chi connectivity index (χ1v) is 11.0. The van der Waals surface area contributed by atoms with E-state index in [4.69, 9.17) is 9.73 Å². The van der Waals surface area contributed by atoms with Crippen LogP contribution in [-0.4, -0.2) is 50.1 Å². The lowest BCUT2D eigenvalue weighted by molar-refractivity contribution is -0.121. The molecule has 6 nitrogen and oxygen atoms in total. The number of ether oxygens (including phenoxy) is 1. The molecule has 0 unspecified atom stereocenters. The highest BCUT2D eigenvalue weighted by atomic mass is 16.5. The number of likely N-dealkylation sites (tertiary alicyclic amines) is 1. The van der Waals surface area contributed by atoms with E-state index in [1.54, 1.807) is 7.05 Å². The molecule has 1 heterocycles. The van der Waals surface area contributed by atoms with Crippen molar-refractivity contribution in [1.29, 1.82) is 0 Å². The SMILES string of the molecule is CCNC(=NCc1ccccc1OCCC(C)C)N1CCC(CC(=O)NC)CC1. The summed E-state index contributed by atoms with van der Waals surface area (Å²) in [5, 5.41) is 6.15. The number of benzene rings is 1. The zero-order chi connectivity index (χ0) is 21.1. The lowest BCUT2D eigenvalue weighted by Gasteiger charge is -2.34. The van der Waals surface area contributed by atoms with Gasteiger partial charge >= 0.3 is 0 Å². The van der Waals surface area contributed by atoms with Crippen molar-refractivity contribution in [2.24, 2.45) is 16.8 Å². The zero-order valence-electron chi connectivity index (χ0n) is 18.5. The average molecular weight is 403 g/mol. The highest BCUT2D eigenvalue weighted by molar-refractivity contribution is 5.80. The summed E-state index contributed by atoms with van der Waals surface area (Å²) in [4.78, 5) is 18.8. The fourth-order valence-corrected chi connectivity index (χ4v) is 3.48. The number of hydrogen-bond donors (Lipinski definition) is 2. The Morgan fingerprint density at radius 1 is 1.28 bits per heavy atom. The molecule has 29 heavy (non-hydrogen) atoms. The molecule has 0 aromatic heterocycles. The molecule has 0 spiro atoms. The Bertz CT molecular complexity index is 652.